The molecule has 1 aromatic rings. The molecule has 2 nitrogen and oxygen atoms in total. The maximum Gasteiger partial charge on any atom is 0.138 e. The number of rotatable bonds is 4. The Balaban J connectivity index is 2.12. The Morgan fingerprint density at radius 1 is 1.33 bits per heavy atom. The molecule has 1 aromatic carbocycles. The number of hydrogen-bond acceptors (Lipinski definition) is 2. The highest BCUT2D eigenvalue weighted by Crippen LogP contribution is 2.32. The predicted molar refractivity (Wildman–Crippen MR) is 76.7 cm³/mol. The number of ether oxygens (including phenoxy) is 1. The first kappa shape index (κ1) is 14.0. The van der Waals surface area contributed by atoms with Gasteiger partial charge in [0.25, 0.3) is 0 Å². The van der Waals surface area contributed by atoms with E-state index in [1.807, 2.05) is 12.1 Å². The van der Waals surface area contributed by atoms with Crippen molar-refractivity contribution < 1.29 is 4.74 Å². The van der Waals surface area contributed by atoms with Gasteiger partial charge in [-0.25, -0.2) is 0 Å². The van der Waals surface area contributed by atoms with Crippen LogP contribution in [0.3, 0.4) is 0 Å². The van der Waals surface area contributed by atoms with E-state index in [9.17, 15) is 0 Å². The first-order valence-electron chi connectivity index (χ1n) is 6.40. The molecule has 0 bridgehead atoms. The topological polar surface area (TPSA) is 21.3 Å². The molecule has 2 unspecified atom stereocenters. The average molecular weight is 288 g/mol. The van der Waals surface area contributed by atoms with E-state index in [2.05, 4.69) is 19.2 Å². The quantitative estimate of drug-likeness (QED) is 0.904. The van der Waals surface area contributed by atoms with Gasteiger partial charge in [0.2, 0.25) is 0 Å². The van der Waals surface area contributed by atoms with E-state index in [1.165, 1.54) is 0 Å². The summed E-state index contributed by atoms with van der Waals surface area (Å²) in [5, 5.41) is 4.60. The van der Waals surface area contributed by atoms with E-state index in [-0.39, 0.29) is 6.10 Å². The van der Waals surface area contributed by atoms with E-state index in [4.69, 9.17) is 27.9 Å². The first-order chi connectivity index (χ1) is 8.58. The Bertz CT molecular complexity index is 403. The van der Waals surface area contributed by atoms with Gasteiger partial charge in [0.1, 0.15) is 11.9 Å². The van der Waals surface area contributed by atoms with Crippen molar-refractivity contribution in [2.24, 2.45) is 11.8 Å². The summed E-state index contributed by atoms with van der Waals surface area (Å²) in [5.74, 6) is 1.74. The molecule has 0 radical (unpaired) electrons. The van der Waals surface area contributed by atoms with Crippen LogP contribution in [0.5, 0.6) is 5.75 Å². The summed E-state index contributed by atoms with van der Waals surface area (Å²) < 4.78 is 6.12. The molecule has 4 heteroatoms. The molecule has 18 heavy (non-hydrogen) atoms. The third kappa shape index (κ3) is 3.31. The second-order valence-electron chi connectivity index (χ2n) is 5.15. The summed E-state index contributed by atoms with van der Waals surface area (Å²) in [6, 6.07) is 5.39. The van der Waals surface area contributed by atoms with Crippen LogP contribution >= 0.6 is 23.2 Å². The zero-order chi connectivity index (χ0) is 13.1. The lowest BCUT2D eigenvalue weighted by Gasteiger charge is -2.28. The molecule has 0 aromatic heterocycles. The van der Waals surface area contributed by atoms with Gasteiger partial charge in [-0.2, -0.15) is 0 Å². The summed E-state index contributed by atoms with van der Waals surface area (Å²) in [5.41, 5.74) is 0. The van der Waals surface area contributed by atoms with Gasteiger partial charge >= 0.3 is 0 Å². The van der Waals surface area contributed by atoms with Gasteiger partial charge in [-0.3, -0.25) is 0 Å². The van der Waals surface area contributed by atoms with Crippen molar-refractivity contribution in [3.63, 3.8) is 0 Å². The fourth-order valence-electron chi connectivity index (χ4n) is 2.45. The minimum Gasteiger partial charge on any atom is -0.488 e. The zero-order valence-electron chi connectivity index (χ0n) is 10.7. The van der Waals surface area contributed by atoms with Gasteiger partial charge in [0, 0.05) is 17.5 Å². The lowest BCUT2D eigenvalue weighted by atomic mass is 9.92. The number of hydrogen-bond donors (Lipinski definition) is 1. The summed E-state index contributed by atoms with van der Waals surface area (Å²) >= 11 is 12.1. The minimum absolute atomic E-state index is 0.193. The van der Waals surface area contributed by atoms with Crippen molar-refractivity contribution in [1.29, 1.82) is 0 Å². The molecule has 2 atom stereocenters. The summed E-state index contributed by atoms with van der Waals surface area (Å²) in [6.45, 7) is 6.47. The van der Waals surface area contributed by atoms with Gasteiger partial charge in [-0.15, -0.1) is 0 Å². The third-order valence-electron chi connectivity index (χ3n) is 3.38. The predicted octanol–water partition coefficient (Wildman–Crippen LogP) is 4.01. The standard InChI is InChI=1S/C14H19Cl2NO/c1-9(2)14(10-5-6-17-8-10)18-13-4-3-11(15)7-12(13)16/h3-4,7,9-10,14,17H,5-6,8H2,1-2H3. The Morgan fingerprint density at radius 3 is 2.67 bits per heavy atom. The Hall–Kier alpha value is -0.440. The van der Waals surface area contributed by atoms with Gasteiger partial charge in [0.15, 0.2) is 0 Å². The minimum atomic E-state index is 0.193. The third-order valence-corrected chi connectivity index (χ3v) is 3.91. The smallest absolute Gasteiger partial charge is 0.138 e. The van der Waals surface area contributed by atoms with Crippen LogP contribution < -0.4 is 10.1 Å². The van der Waals surface area contributed by atoms with Gasteiger partial charge in [-0.05, 0) is 37.1 Å². The van der Waals surface area contributed by atoms with Crippen LogP contribution in [0.4, 0.5) is 0 Å². The van der Waals surface area contributed by atoms with Crippen molar-refractivity contribution in [1.82, 2.24) is 5.32 Å². The first-order valence-corrected chi connectivity index (χ1v) is 7.16. The van der Waals surface area contributed by atoms with E-state index >= 15 is 0 Å². The van der Waals surface area contributed by atoms with Gasteiger partial charge < -0.3 is 10.1 Å². The van der Waals surface area contributed by atoms with Gasteiger partial charge in [-0.1, -0.05) is 37.0 Å². The zero-order valence-corrected chi connectivity index (χ0v) is 12.3. The average Bonchev–Trinajstić information content (AvgIpc) is 2.80. The lowest BCUT2D eigenvalue weighted by Crippen LogP contribution is -2.33. The van der Waals surface area contributed by atoms with Crippen molar-refractivity contribution in [3.05, 3.63) is 28.2 Å². The fourth-order valence-corrected chi connectivity index (χ4v) is 2.90. The van der Waals surface area contributed by atoms with Crippen molar-refractivity contribution >= 4 is 23.2 Å². The second kappa shape index (κ2) is 6.14. The van der Waals surface area contributed by atoms with Crippen LogP contribution in [0.2, 0.25) is 10.0 Å². The Kier molecular flexibility index (Phi) is 4.77. The Labute approximate surface area is 119 Å². The van der Waals surface area contributed by atoms with E-state index in [0.29, 0.717) is 21.9 Å². The van der Waals surface area contributed by atoms with Crippen LogP contribution in [-0.2, 0) is 0 Å². The molecule has 0 amide bonds. The summed E-state index contributed by atoms with van der Waals surface area (Å²) in [4.78, 5) is 0. The molecule has 1 aliphatic heterocycles. The number of halogens is 2. The lowest BCUT2D eigenvalue weighted by molar-refractivity contribution is 0.0974. The monoisotopic (exact) mass is 287 g/mol. The maximum absolute atomic E-state index is 6.16. The van der Waals surface area contributed by atoms with Crippen molar-refractivity contribution in [2.75, 3.05) is 13.1 Å². The van der Waals surface area contributed by atoms with Crippen LogP contribution in [0.15, 0.2) is 18.2 Å². The Morgan fingerprint density at radius 2 is 2.11 bits per heavy atom. The molecule has 2 rings (SSSR count). The highest BCUT2D eigenvalue weighted by molar-refractivity contribution is 6.35. The van der Waals surface area contributed by atoms with Gasteiger partial charge in [0.05, 0.1) is 5.02 Å². The van der Waals surface area contributed by atoms with Crippen LogP contribution in [0.1, 0.15) is 20.3 Å². The van der Waals surface area contributed by atoms with E-state index < -0.39 is 0 Å². The SMILES string of the molecule is CC(C)C(Oc1ccc(Cl)cc1Cl)C1CCNC1. The van der Waals surface area contributed by atoms with E-state index in [0.717, 1.165) is 25.3 Å². The number of benzene rings is 1. The molecule has 0 spiro atoms. The van der Waals surface area contributed by atoms with Crippen LogP contribution in [0.25, 0.3) is 0 Å². The van der Waals surface area contributed by atoms with E-state index in [1.54, 1.807) is 6.07 Å². The van der Waals surface area contributed by atoms with Crippen LogP contribution in [-0.4, -0.2) is 19.2 Å². The summed E-state index contributed by atoms with van der Waals surface area (Å²) in [7, 11) is 0. The summed E-state index contributed by atoms with van der Waals surface area (Å²) in [6.07, 6.45) is 1.35. The fraction of sp³-hybridized carbons (Fsp3) is 0.571. The van der Waals surface area contributed by atoms with Crippen molar-refractivity contribution in [2.45, 2.75) is 26.4 Å². The molecular formula is C14H19Cl2NO. The number of nitrogens with one attached hydrogen (secondary N) is 1. The molecular weight excluding hydrogens is 269 g/mol. The largest absolute Gasteiger partial charge is 0.488 e. The highest BCUT2D eigenvalue weighted by atomic mass is 35.5. The molecule has 0 aliphatic carbocycles. The molecule has 1 aliphatic rings. The molecule has 1 heterocycles. The van der Waals surface area contributed by atoms with Crippen LogP contribution in [0, 0.1) is 11.8 Å². The maximum atomic E-state index is 6.16. The normalized spacial score (nSPS) is 21.3. The molecule has 1 N–H and O–H groups in total. The molecule has 1 saturated heterocycles. The molecule has 1 fully saturated rings. The molecule has 100 valence electrons. The second-order valence-corrected chi connectivity index (χ2v) is 6.00. The van der Waals surface area contributed by atoms with Crippen molar-refractivity contribution in [3.8, 4) is 5.75 Å². The highest BCUT2D eigenvalue weighted by Gasteiger charge is 2.29. The molecule has 0 saturated carbocycles.